The van der Waals surface area contributed by atoms with Crippen LogP contribution < -0.4 is 5.32 Å². The third-order valence-electron chi connectivity index (χ3n) is 5.14. The maximum atomic E-state index is 13.0. The lowest BCUT2D eigenvalue weighted by Crippen LogP contribution is -2.45. The molecular formula is C22H23N3O4S. The molecule has 1 N–H and O–H groups in total. The highest BCUT2D eigenvalue weighted by atomic mass is 32.1. The summed E-state index contributed by atoms with van der Waals surface area (Å²) >= 11 is 5.36. The van der Waals surface area contributed by atoms with Crippen LogP contribution in [0.25, 0.3) is 0 Å². The molecule has 8 heteroatoms. The second-order valence-electron chi connectivity index (χ2n) is 7.80. The first-order valence-corrected chi connectivity index (χ1v) is 10.3. The lowest BCUT2D eigenvalue weighted by molar-refractivity contribution is -0.129. The lowest BCUT2D eigenvalue weighted by Gasteiger charge is -2.30. The quantitative estimate of drug-likeness (QED) is 0.709. The molecule has 1 aromatic rings. The molecule has 2 heterocycles. The number of thiocarbonyl (C=S) groups is 1. The van der Waals surface area contributed by atoms with Crippen LogP contribution in [0, 0.1) is 11.8 Å². The molecule has 0 bridgehead atoms. The van der Waals surface area contributed by atoms with E-state index in [0.29, 0.717) is 35.3 Å². The lowest BCUT2D eigenvalue weighted by atomic mass is 9.93. The van der Waals surface area contributed by atoms with Gasteiger partial charge in [0.25, 0.3) is 5.91 Å². The largest absolute Gasteiger partial charge is 0.454 e. The fourth-order valence-electron chi connectivity index (χ4n) is 3.40. The molecule has 1 atom stereocenters. The Kier molecular flexibility index (Phi) is 5.67. The number of benzene rings is 1. The van der Waals surface area contributed by atoms with Gasteiger partial charge in [-0.15, -0.1) is 0 Å². The van der Waals surface area contributed by atoms with Gasteiger partial charge in [-0.05, 0) is 48.3 Å². The summed E-state index contributed by atoms with van der Waals surface area (Å²) < 4.78 is 10.7. The highest BCUT2D eigenvalue weighted by Crippen LogP contribution is 2.31. The van der Waals surface area contributed by atoms with E-state index < -0.39 is 5.92 Å². The molecule has 1 aliphatic carbocycles. The van der Waals surface area contributed by atoms with Crippen molar-refractivity contribution in [2.45, 2.75) is 26.8 Å². The van der Waals surface area contributed by atoms with Gasteiger partial charge in [0, 0.05) is 18.2 Å². The van der Waals surface area contributed by atoms with Crippen molar-refractivity contribution in [3.05, 3.63) is 59.1 Å². The number of carbonyl (C=O) groups excluding carboxylic acids is 2. The molecule has 156 valence electrons. The molecule has 3 aliphatic rings. The van der Waals surface area contributed by atoms with Crippen molar-refractivity contribution in [2.24, 2.45) is 16.8 Å². The highest BCUT2D eigenvalue weighted by molar-refractivity contribution is 7.80. The van der Waals surface area contributed by atoms with Crippen LogP contribution in [0.5, 0.6) is 0 Å². The molecular weight excluding hydrogens is 402 g/mol. The third-order valence-corrected chi connectivity index (χ3v) is 5.45. The topological polar surface area (TPSA) is 80.2 Å². The number of ether oxygens (including phenoxy) is 2. The summed E-state index contributed by atoms with van der Waals surface area (Å²) in [5.41, 5.74) is 2.02. The number of amides is 2. The van der Waals surface area contributed by atoms with Gasteiger partial charge < -0.3 is 14.8 Å². The van der Waals surface area contributed by atoms with Crippen molar-refractivity contribution in [1.29, 1.82) is 0 Å². The van der Waals surface area contributed by atoms with Crippen molar-refractivity contribution in [3.8, 4) is 0 Å². The molecule has 30 heavy (non-hydrogen) atoms. The first kappa shape index (κ1) is 20.3. The van der Waals surface area contributed by atoms with E-state index in [1.54, 1.807) is 24.3 Å². The molecule has 1 aromatic carbocycles. The molecule has 1 fully saturated rings. The van der Waals surface area contributed by atoms with E-state index in [1.165, 1.54) is 4.90 Å². The van der Waals surface area contributed by atoms with Crippen molar-refractivity contribution in [3.63, 3.8) is 0 Å². The average Bonchev–Trinajstić information content (AvgIpc) is 3.17. The number of rotatable bonds is 6. The van der Waals surface area contributed by atoms with Crippen LogP contribution in [0.1, 0.15) is 36.2 Å². The van der Waals surface area contributed by atoms with Gasteiger partial charge in [0.15, 0.2) is 11.5 Å². The number of fused-ring (bicyclic) bond motifs is 2. The van der Waals surface area contributed by atoms with Gasteiger partial charge in [0.05, 0.1) is 12.3 Å². The van der Waals surface area contributed by atoms with Gasteiger partial charge >= 0.3 is 0 Å². The Hall–Kier alpha value is -3.00. The summed E-state index contributed by atoms with van der Waals surface area (Å²) in [6.45, 7) is 5.31. The molecule has 7 nitrogen and oxygen atoms in total. The standard InChI is InChI=1S/C22H23N3O4S/c1-13(2)7-8-23-20(26)15-5-3-14(4-6-15)11-25-21(27)16-9-18-19(29-12-28-18)10-17(16)24-22(25)30/h3-6,9-10,13,16H,7-8,11-12H2,1-2H3,(H,23,26). The molecule has 0 saturated carbocycles. The van der Waals surface area contributed by atoms with Gasteiger partial charge in [-0.2, -0.15) is 0 Å². The van der Waals surface area contributed by atoms with Crippen molar-refractivity contribution < 1.29 is 19.1 Å². The smallest absolute Gasteiger partial charge is 0.251 e. The van der Waals surface area contributed by atoms with Crippen LogP contribution >= 0.6 is 12.2 Å². The Morgan fingerprint density at radius 3 is 2.73 bits per heavy atom. The molecule has 2 amide bonds. The fraction of sp³-hybridized carbons (Fsp3) is 0.364. The van der Waals surface area contributed by atoms with Crippen LogP contribution in [0.15, 0.2) is 52.9 Å². The van der Waals surface area contributed by atoms with E-state index in [1.807, 2.05) is 12.1 Å². The number of allylic oxidation sites excluding steroid dienone is 1. The van der Waals surface area contributed by atoms with Crippen molar-refractivity contribution in [1.82, 2.24) is 10.2 Å². The SMILES string of the molecule is CC(C)CCNC(=O)c1ccc(CN2C(=O)C3C=C4OCOC4=CC3=NC2=S)cc1. The second kappa shape index (κ2) is 8.39. The van der Waals surface area contributed by atoms with Gasteiger partial charge in [-0.3, -0.25) is 14.5 Å². The zero-order valence-corrected chi connectivity index (χ0v) is 17.7. The predicted molar refractivity (Wildman–Crippen MR) is 116 cm³/mol. The zero-order valence-electron chi connectivity index (χ0n) is 16.9. The van der Waals surface area contributed by atoms with Crippen LogP contribution in [-0.2, 0) is 20.8 Å². The summed E-state index contributed by atoms with van der Waals surface area (Å²) in [6, 6.07) is 7.18. The normalized spacial score (nSPS) is 19.9. The summed E-state index contributed by atoms with van der Waals surface area (Å²) in [5, 5.41) is 3.14. The van der Waals surface area contributed by atoms with E-state index in [2.05, 4.69) is 24.2 Å². The number of hydrogen-bond donors (Lipinski definition) is 1. The van der Waals surface area contributed by atoms with Crippen molar-refractivity contribution >= 4 is 34.9 Å². The molecule has 2 aliphatic heterocycles. The van der Waals surface area contributed by atoms with Crippen LogP contribution in [0.4, 0.5) is 0 Å². The van der Waals surface area contributed by atoms with E-state index in [-0.39, 0.29) is 30.3 Å². The van der Waals surface area contributed by atoms with E-state index in [9.17, 15) is 9.59 Å². The molecule has 1 saturated heterocycles. The number of aliphatic imine (C=N–C) groups is 1. The summed E-state index contributed by atoms with van der Waals surface area (Å²) in [4.78, 5) is 31.2. The predicted octanol–water partition coefficient (Wildman–Crippen LogP) is 2.93. The minimum atomic E-state index is -0.539. The number of hydrogen-bond acceptors (Lipinski definition) is 5. The summed E-state index contributed by atoms with van der Waals surface area (Å²) in [7, 11) is 0. The average molecular weight is 426 g/mol. The Morgan fingerprint density at radius 1 is 1.27 bits per heavy atom. The van der Waals surface area contributed by atoms with Crippen molar-refractivity contribution in [2.75, 3.05) is 13.3 Å². The molecule has 0 spiro atoms. The Morgan fingerprint density at radius 2 is 2.00 bits per heavy atom. The molecule has 0 radical (unpaired) electrons. The monoisotopic (exact) mass is 425 g/mol. The Balaban J connectivity index is 1.43. The second-order valence-corrected chi connectivity index (χ2v) is 8.17. The van der Waals surface area contributed by atoms with Gasteiger partial charge in [-0.1, -0.05) is 26.0 Å². The zero-order chi connectivity index (χ0) is 21.3. The maximum Gasteiger partial charge on any atom is 0.251 e. The summed E-state index contributed by atoms with van der Waals surface area (Å²) in [5.74, 6) is 0.888. The van der Waals surface area contributed by atoms with Gasteiger partial charge in [0.2, 0.25) is 17.8 Å². The summed E-state index contributed by atoms with van der Waals surface area (Å²) in [6.07, 6.45) is 4.37. The Bertz CT molecular complexity index is 979. The first-order chi connectivity index (χ1) is 14.4. The number of nitrogens with zero attached hydrogens (tertiary/aromatic N) is 2. The van der Waals surface area contributed by atoms with Crippen LogP contribution in [-0.4, -0.2) is 40.9 Å². The van der Waals surface area contributed by atoms with Crippen LogP contribution in [0.2, 0.25) is 0 Å². The molecule has 1 unspecified atom stereocenters. The first-order valence-electron chi connectivity index (χ1n) is 9.93. The van der Waals surface area contributed by atoms with Gasteiger partial charge in [0.1, 0.15) is 5.92 Å². The minimum absolute atomic E-state index is 0.101. The molecule has 4 rings (SSSR count). The van der Waals surface area contributed by atoms with Gasteiger partial charge in [-0.25, -0.2) is 4.99 Å². The van der Waals surface area contributed by atoms with Crippen LogP contribution in [0.3, 0.4) is 0 Å². The van der Waals surface area contributed by atoms with E-state index in [0.717, 1.165) is 12.0 Å². The Labute approximate surface area is 180 Å². The number of carbonyl (C=O) groups is 2. The van der Waals surface area contributed by atoms with E-state index >= 15 is 0 Å². The fourth-order valence-corrected chi connectivity index (χ4v) is 3.66. The highest BCUT2D eigenvalue weighted by Gasteiger charge is 2.38. The minimum Gasteiger partial charge on any atom is -0.454 e. The molecule has 0 aromatic heterocycles. The number of nitrogens with one attached hydrogen (secondary N) is 1. The maximum absolute atomic E-state index is 13.0. The third kappa shape index (κ3) is 4.14. The van der Waals surface area contributed by atoms with E-state index in [4.69, 9.17) is 21.7 Å².